The Morgan fingerprint density at radius 1 is 1.62 bits per heavy atom. The second kappa shape index (κ2) is 5.21. The van der Waals surface area contributed by atoms with Gasteiger partial charge in [0, 0.05) is 11.7 Å². The number of carbonyl (C=O) groups excluding carboxylic acids is 1. The molecule has 0 radical (unpaired) electrons. The maximum Gasteiger partial charge on any atom is 0.332 e. The molecule has 5 heteroatoms. The maximum atomic E-state index is 11.8. The second-order valence-corrected chi connectivity index (χ2v) is 5.19. The summed E-state index contributed by atoms with van der Waals surface area (Å²) < 4.78 is 4.96. The van der Waals surface area contributed by atoms with Gasteiger partial charge in [-0.1, -0.05) is 6.92 Å². The minimum absolute atomic E-state index is 0.0573. The Morgan fingerprint density at radius 2 is 2.25 bits per heavy atom. The smallest absolute Gasteiger partial charge is 0.332 e. The number of allylic oxidation sites excluding steroid dienone is 2. The third kappa shape index (κ3) is 2.88. The number of rotatable bonds is 3. The van der Waals surface area contributed by atoms with Crippen LogP contribution in [-0.2, 0) is 14.3 Å². The summed E-state index contributed by atoms with van der Waals surface area (Å²) in [6.45, 7) is 3.78. The summed E-state index contributed by atoms with van der Waals surface area (Å²) in [5, 5.41) is 8.91. The number of methoxy groups -OCH3 is 1. The van der Waals surface area contributed by atoms with E-state index in [0.717, 1.165) is 11.0 Å². The lowest BCUT2D eigenvalue weighted by Crippen LogP contribution is -2.18. The van der Waals surface area contributed by atoms with Gasteiger partial charge in [-0.3, -0.25) is 4.79 Å². The van der Waals surface area contributed by atoms with Gasteiger partial charge in [0.05, 0.1) is 18.8 Å². The van der Waals surface area contributed by atoms with E-state index in [9.17, 15) is 9.59 Å². The molecule has 1 unspecified atom stereocenters. The van der Waals surface area contributed by atoms with Crippen LogP contribution in [0.2, 0.25) is 0 Å². The van der Waals surface area contributed by atoms with E-state index in [1.807, 2.05) is 13.8 Å². The van der Waals surface area contributed by atoms with Crippen molar-refractivity contribution in [3.63, 3.8) is 0 Å². The zero-order valence-corrected chi connectivity index (χ0v) is 10.3. The molecule has 1 N–H and O–H groups in total. The zero-order chi connectivity index (χ0) is 12.3. The van der Waals surface area contributed by atoms with Crippen LogP contribution in [0.3, 0.4) is 0 Å². The highest BCUT2D eigenvalue weighted by molar-refractivity contribution is 8.03. The number of ketones is 1. The Hall–Kier alpha value is -1.23. The molecule has 0 saturated heterocycles. The van der Waals surface area contributed by atoms with E-state index in [2.05, 4.69) is 0 Å². The lowest BCUT2D eigenvalue weighted by Gasteiger charge is -2.22. The molecular weight excluding hydrogens is 228 g/mol. The summed E-state index contributed by atoms with van der Waals surface area (Å²) in [5.41, 5.74) is 0.396. The molecule has 0 spiro atoms. The summed E-state index contributed by atoms with van der Waals surface area (Å²) >= 11 is 1.57. The molecule has 4 nitrogen and oxygen atoms in total. The fourth-order valence-corrected chi connectivity index (χ4v) is 2.79. The largest absolute Gasteiger partial charge is 0.496 e. The number of carbonyl (C=O) groups is 2. The van der Waals surface area contributed by atoms with Crippen LogP contribution in [0.25, 0.3) is 0 Å². The van der Waals surface area contributed by atoms with Gasteiger partial charge >= 0.3 is 5.97 Å². The van der Waals surface area contributed by atoms with Crippen LogP contribution >= 0.6 is 11.8 Å². The first-order valence-corrected chi connectivity index (χ1v) is 5.73. The van der Waals surface area contributed by atoms with Crippen LogP contribution in [0, 0.1) is 0 Å². The lowest BCUT2D eigenvalue weighted by atomic mass is 10.0. The van der Waals surface area contributed by atoms with Crippen molar-refractivity contribution in [2.24, 2.45) is 0 Å². The molecule has 0 saturated carbocycles. The average Bonchev–Trinajstić information content (AvgIpc) is 2.13. The normalized spacial score (nSPS) is 22.3. The standard InChI is InChI=1S/C11H14O4S/c1-6-4-8(12)11(7(2)16-6)9(15-3)5-10(13)14/h5-6H,4H2,1-3H3,(H,13,14)/b9-5+. The van der Waals surface area contributed by atoms with E-state index in [-0.39, 0.29) is 16.8 Å². The van der Waals surface area contributed by atoms with Crippen molar-refractivity contribution in [3.8, 4) is 0 Å². The molecule has 1 heterocycles. The topological polar surface area (TPSA) is 63.6 Å². The minimum atomic E-state index is -1.12. The van der Waals surface area contributed by atoms with Crippen molar-refractivity contribution in [1.29, 1.82) is 0 Å². The van der Waals surface area contributed by atoms with Gasteiger partial charge in [-0.15, -0.1) is 11.8 Å². The van der Waals surface area contributed by atoms with Gasteiger partial charge in [-0.25, -0.2) is 4.79 Å². The molecule has 1 atom stereocenters. The summed E-state index contributed by atoms with van der Waals surface area (Å²) in [6.07, 6.45) is 1.34. The summed E-state index contributed by atoms with van der Waals surface area (Å²) in [5.74, 6) is -1.04. The van der Waals surface area contributed by atoms with Crippen LogP contribution < -0.4 is 0 Å². The van der Waals surface area contributed by atoms with Crippen molar-refractivity contribution < 1.29 is 19.4 Å². The summed E-state index contributed by atoms with van der Waals surface area (Å²) in [7, 11) is 1.37. The molecular formula is C11H14O4S. The van der Waals surface area contributed by atoms with Crippen molar-refractivity contribution >= 4 is 23.5 Å². The Labute approximate surface area is 98.4 Å². The predicted octanol–water partition coefficient (Wildman–Crippen LogP) is 1.97. The van der Waals surface area contributed by atoms with Crippen LogP contribution in [0.1, 0.15) is 20.3 Å². The van der Waals surface area contributed by atoms with E-state index < -0.39 is 5.97 Å². The minimum Gasteiger partial charge on any atom is -0.496 e. The number of carboxylic acids is 1. The van der Waals surface area contributed by atoms with E-state index >= 15 is 0 Å². The third-order valence-corrected chi connectivity index (χ3v) is 3.33. The number of carboxylic acid groups (broad SMARTS) is 1. The predicted molar refractivity (Wildman–Crippen MR) is 62.1 cm³/mol. The van der Waals surface area contributed by atoms with Gasteiger partial charge in [-0.05, 0) is 11.8 Å². The maximum absolute atomic E-state index is 11.8. The molecule has 0 aromatic heterocycles. The number of hydrogen-bond donors (Lipinski definition) is 1. The van der Waals surface area contributed by atoms with E-state index in [0.29, 0.717) is 12.0 Å². The van der Waals surface area contributed by atoms with Crippen LogP contribution in [0.5, 0.6) is 0 Å². The average molecular weight is 242 g/mol. The Bertz CT molecular complexity index is 381. The van der Waals surface area contributed by atoms with Gasteiger partial charge in [0.25, 0.3) is 0 Å². The molecule has 0 aliphatic carbocycles. The van der Waals surface area contributed by atoms with Crippen molar-refractivity contribution in [1.82, 2.24) is 0 Å². The highest BCUT2D eigenvalue weighted by Gasteiger charge is 2.27. The van der Waals surface area contributed by atoms with E-state index in [1.54, 1.807) is 11.8 Å². The summed E-state index contributed by atoms with van der Waals surface area (Å²) in [6, 6.07) is 0. The molecule has 1 rings (SSSR count). The first-order chi connectivity index (χ1) is 7.45. The Morgan fingerprint density at radius 3 is 2.69 bits per heavy atom. The summed E-state index contributed by atoms with van der Waals surface area (Å²) in [4.78, 5) is 23.2. The highest BCUT2D eigenvalue weighted by Crippen LogP contribution is 2.35. The molecule has 0 aromatic carbocycles. The van der Waals surface area contributed by atoms with Gasteiger partial charge in [0.1, 0.15) is 5.76 Å². The van der Waals surface area contributed by atoms with E-state index in [1.165, 1.54) is 7.11 Å². The number of ether oxygens (including phenoxy) is 1. The highest BCUT2D eigenvalue weighted by atomic mass is 32.2. The SMILES string of the molecule is CO/C(=C/C(=O)O)C1=C(C)SC(C)CC1=O. The monoisotopic (exact) mass is 242 g/mol. The molecule has 0 aromatic rings. The quantitative estimate of drug-likeness (QED) is 0.605. The molecule has 0 amide bonds. The van der Waals surface area contributed by atoms with Gasteiger partial charge < -0.3 is 9.84 Å². The molecule has 0 fully saturated rings. The molecule has 1 aliphatic heterocycles. The van der Waals surface area contributed by atoms with Crippen molar-refractivity contribution in [2.75, 3.05) is 7.11 Å². The zero-order valence-electron chi connectivity index (χ0n) is 9.44. The van der Waals surface area contributed by atoms with Crippen LogP contribution in [0.15, 0.2) is 22.3 Å². The van der Waals surface area contributed by atoms with E-state index in [4.69, 9.17) is 9.84 Å². The van der Waals surface area contributed by atoms with Crippen molar-refractivity contribution in [2.45, 2.75) is 25.5 Å². The lowest BCUT2D eigenvalue weighted by molar-refractivity contribution is -0.131. The Kier molecular flexibility index (Phi) is 4.18. The van der Waals surface area contributed by atoms with Crippen LogP contribution in [-0.4, -0.2) is 29.2 Å². The van der Waals surface area contributed by atoms with Gasteiger partial charge in [0.15, 0.2) is 5.78 Å². The number of hydrogen-bond acceptors (Lipinski definition) is 4. The van der Waals surface area contributed by atoms with Crippen molar-refractivity contribution in [3.05, 3.63) is 22.3 Å². The van der Waals surface area contributed by atoms with Gasteiger partial charge in [0.2, 0.25) is 0 Å². The number of Topliss-reactive ketones (excluding diaryl/α,β-unsaturated/α-hetero) is 1. The Balaban J connectivity index is 3.14. The third-order valence-electron chi connectivity index (χ3n) is 2.20. The first kappa shape index (κ1) is 12.8. The van der Waals surface area contributed by atoms with Crippen LogP contribution in [0.4, 0.5) is 0 Å². The van der Waals surface area contributed by atoms with Gasteiger partial charge in [-0.2, -0.15) is 0 Å². The number of aliphatic carboxylic acids is 1. The molecule has 1 aliphatic rings. The fourth-order valence-electron chi connectivity index (χ4n) is 1.62. The molecule has 88 valence electrons. The first-order valence-electron chi connectivity index (χ1n) is 4.85. The second-order valence-electron chi connectivity index (χ2n) is 3.54. The molecule has 0 bridgehead atoms. The molecule has 16 heavy (non-hydrogen) atoms. The number of thioether (sulfide) groups is 1. The fraction of sp³-hybridized carbons (Fsp3) is 0.455.